The number of benzene rings is 1. The summed E-state index contributed by atoms with van der Waals surface area (Å²) < 4.78 is 0. The van der Waals surface area contributed by atoms with E-state index in [2.05, 4.69) is 17.9 Å². The van der Waals surface area contributed by atoms with Gasteiger partial charge in [0.25, 0.3) is 0 Å². The van der Waals surface area contributed by atoms with Crippen LogP contribution in [0.15, 0.2) is 18.2 Å². The van der Waals surface area contributed by atoms with Crippen LogP contribution in [0.1, 0.15) is 54.9 Å². The second-order valence-corrected chi connectivity index (χ2v) is 5.11. The summed E-state index contributed by atoms with van der Waals surface area (Å²) in [6, 6.07) is 8.17. The monoisotopic (exact) mass is 256 g/mol. The van der Waals surface area contributed by atoms with Crippen molar-refractivity contribution in [2.45, 2.75) is 45.1 Å². The number of aldehydes is 1. The summed E-state index contributed by atoms with van der Waals surface area (Å²) in [7, 11) is 0. The van der Waals surface area contributed by atoms with Crippen molar-refractivity contribution in [2.24, 2.45) is 0 Å². The SMILES string of the molecule is CCC1CCCCCN1c1ccc(C=O)cc1C#N. The average molecular weight is 256 g/mol. The van der Waals surface area contributed by atoms with Crippen LogP contribution in [0.3, 0.4) is 0 Å². The number of hydrogen-bond acceptors (Lipinski definition) is 3. The molecule has 0 N–H and O–H groups in total. The Morgan fingerprint density at radius 3 is 2.95 bits per heavy atom. The third-order valence-corrected chi connectivity index (χ3v) is 3.93. The summed E-state index contributed by atoms with van der Waals surface area (Å²) in [5.41, 5.74) is 2.18. The fraction of sp³-hybridized carbons (Fsp3) is 0.500. The van der Waals surface area contributed by atoms with E-state index >= 15 is 0 Å². The van der Waals surface area contributed by atoms with Crippen LogP contribution in [0.25, 0.3) is 0 Å². The van der Waals surface area contributed by atoms with Gasteiger partial charge in [-0.2, -0.15) is 5.26 Å². The zero-order valence-electron chi connectivity index (χ0n) is 11.4. The lowest BCUT2D eigenvalue weighted by Crippen LogP contribution is -2.34. The van der Waals surface area contributed by atoms with Gasteiger partial charge in [0, 0.05) is 18.2 Å². The molecule has 0 aromatic heterocycles. The lowest BCUT2D eigenvalue weighted by Gasteiger charge is -2.32. The van der Waals surface area contributed by atoms with E-state index in [4.69, 9.17) is 0 Å². The van der Waals surface area contributed by atoms with Crippen LogP contribution in [0.2, 0.25) is 0 Å². The van der Waals surface area contributed by atoms with Crippen molar-refractivity contribution in [1.29, 1.82) is 5.26 Å². The Morgan fingerprint density at radius 2 is 2.26 bits per heavy atom. The van der Waals surface area contributed by atoms with Crippen LogP contribution >= 0.6 is 0 Å². The molecule has 1 fully saturated rings. The van der Waals surface area contributed by atoms with Crippen LogP contribution in [0.4, 0.5) is 5.69 Å². The van der Waals surface area contributed by atoms with Gasteiger partial charge in [0.05, 0.1) is 11.3 Å². The molecule has 1 aliphatic heterocycles. The third-order valence-electron chi connectivity index (χ3n) is 3.93. The molecule has 19 heavy (non-hydrogen) atoms. The Balaban J connectivity index is 2.38. The van der Waals surface area contributed by atoms with Crippen molar-refractivity contribution in [3.63, 3.8) is 0 Å². The van der Waals surface area contributed by atoms with Crippen LogP contribution in [-0.2, 0) is 0 Å². The maximum absolute atomic E-state index is 10.8. The maximum atomic E-state index is 10.8. The largest absolute Gasteiger partial charge is 0.367 e. The highest BCUT2D eigenvalue weighted by molar-refractivity contribution is 5.78. The first-order chi connectivity index (χ1) is 9.30. The second-order valence-electron chi connectivity index (χ2n) is 5.11. The molecule has 1 aliphatic rings. The van der Waals surface area contributed by atoms with Crippen LogP contribution < -0.4 is 4.90 Å². The van der Waals surface area contributed by atoms with Crippen molar-refractivity contribution in [3.05, 3.63) is 29.3 Å². The molecule has 0 radical (unpaired) electrons. The molecule has 1 saturated heterocycles. The first kappa shape index (κ1) is 13.6. The molecule has 3 heteroatoms. The summed E-state index contributed by atoms with van der Waals surface area (Å²) in [6.07, 6.45) is 6.79. The number of carbonyl (C=O) groups excluding carboxylic acids is 1. The molecule has 1 aromatic rings. The molecule has 1 unspecified atom stereocenters. The molecule has 1 heterocycles. The topological polar surface area (TPSA) is 44.1 Å². The van der Waals surface area contributed by atoms with E-state index in [1.165, 1.54) is 25.7 Å². The molecular weight excluding hydrogens is 236 g/mol. The van der Waals surface area contributed by atoms with Gasteiger partial charge < -0.3 is 4.90 Å². The Bertz CT molecular complexity index is 490. The lowest BCUT2D eigenvalue weighted by molar-refractivity contribution is 0.112. The molecule has 100 valence electrons. The zero-order valence-corrected chi connectivity index (χ0v) is 11.4. The van der Waals surface area contributed by atoms with E-state index in [-0.39, 0.29) is 0 Å². The van der Waals surface area contributed by atoms with E-state index in [1.807, 2.05) is 6.07 Å². The van der Waals surface area contributed by atoms with Crippen molar-refractivity contribution < 1.29 is 4.79 Å². The van der Waals surface area contributed by atoms with Crippen LogP contribution in [0, 0.1) is 11.3 Å². The van der Waals surface area contributed by atoms with E-state index in [0.29, 0.717) is 17.2 Å². The standard InChI is InChI=1S/C16H20N2O/c1-2-15-6-4-3-5-9-18(15)16-8-7-13(12-19)10-14(16)11-17/h7-8,10,12,15H,2-6,9H2,1H3. The lowest BCUT2D eigenvalue weighted by atomic mass is 10.0. The number of rotatable bonds is 3. The molecule has 3 nitrogen and oxygen atoms in total. The number of nitrogens with zero attached hydrogens (tertiary/aromatic N) is 2. The molecule has 0 spiro atoms. The summed E-state index contributed by atoms with van der Waals surface area (Å²) in [4.78, 5) is 13.2. The third kappa shape index (κ3) is 2.96. The number of nitriles is 1. The predicted octanol–water partition coefficient (Wildman–Crippen LogP) is 3.53. The van der Waals surface area contributed by atoms with Gasteiger partial charge in [-0.15, -0.1) is 0 Å². The van der Waals surface area contributed by atoms with E-state index in [9.17, 15) is 10.1 Å². The summed E-state index contributed by atoms with van der Waals surface area (Å²) in [5.74, 6) is 0. The normalized spacial score (nSPS) is 19.6. The van der Waals surface area contributed by atoms with Crippen molar-refractivity contribution >= 4 is 12.0 Å². The zero-order chi connectivity index (χ0) is 13.7. The molecule has 0 bridgehead atoms. The molecule has 1 atom stereocenters. The first-order valence-electron chi connectivity index (χ1n) is 7.06. The summed E-state index contributed by atoms with van der Waals surface area (Å²) in [5, 5.41) is 9.31. The molecule has 1 aromatic carbocycles. The quantitative estimate of drug-likeness (QED) is 0.777. The Labute approximate surface area is 114 Å². The number of hydrogen-bond donors (Lipinski definition) is 0. The van der Waals surface area contributed by atoms with Gasteiger partial charge in [-0.25, -0.2) is 0 Å². The van der Waals surface area contributed by atoms with Crippen molar-refractivity contribution in [3.8, 4) is 6.07 Å². The minimum Gasteiger partial charge on any atom is -0.367 e. The fourth-order valence-corrected chi connectivity index (χ4v) is 2.89. The van der Waals surface area contributed by atoms with Gasteiger partial charge in [0.1, 0.15) is 12.4 Å². The Hall–Kier alpha value is -1.82. The first-order valence-corrected chi connectivity index (χ1v) is 7.06. The van der Waals surface area contributed by atoms with Gasteiger partial charge in [-0.1, -0.05) is 19.8 Å². The highest BCUT2D eigenvalue weighted by Gasteiger charge is 2.21. The molecule has 0 saturated carbocycles. The van der Waals surface area contributed by atoms with Gasteiger partial charge in [0.2, 0.25) is 0 Å². The predicted molar refractivity (Wildman–Crippen MR) is 76.4 cm³/mol. The smallest absolute Gasteiger partial charge is 0.150 e. The Morgan fingerprint density at radius 1 is 1.42 bits per heavy atom. The van der Waals surface area contributed by atoms with Gasteiger partial charge in [-0.05, 0) is 37.5 Å². The van der Waals surface area contributed by atoms with Crippen LogP contribution in [0.5, 0.6) is 0 Å². The van der Waals surface area contributed by atoms with Crippen LogP contribution in [-0.4, -0.2) is 18.9 Å². The van der Waals surface area contributed by atoms with Gasteiger partial charge >= 0.3 is 0 Å². The van der Waals surface area contributed by atoms with Gasteiger partial charge in [0.15, 0.2) is 0 Å². The van der Waals surface area contributed by atoms with Crippen molar-refractivity contribution in [2.75, 3.05) is 11.4 Å². The maximum Gasteiger partial charge on any atom is 0.150 e. The fourth-order valence-electron chi connectivity index (χ4n) is 2.89. The molecule has 0 aliphatic carbocycles. The molecule has 0 amide bonds. The average Bonchev–Trinajstić information content (AvgIpc) is 2.71. The minimum atomic E-state index is 0.511. The highest BCUT2D eigenvalue weighted by Crippen LogP contribution is 2.29. The highest BCUT2D eigenvalue weighted by atomic mass is 16.1. The summed E-state index contributed by atoms with van der Waals surface area (Å²) >= 11 is 0. The number of carbonyl (C=O) groups is 1. The Kier molecular flexibility index (Phi) is 4.57. The van der Waals surface area contributed by atoms with E-state index in [0.717, 1.165) is 24.9 Å². The van der Waals surface area contributed by atoms with E-state index in [1.54, 1.807) is 12.1 Å². The minimum absolute atomic E-state index is 0.511. The second kappa shape index (κ2) is 6.38. The summed E-state index contributed by atoms with van der Waals surface area (Å²) in [6.45, 7) is 3.21. The molecular formula is C16H20N2O. The van der Waals surface area contributed by atoms with E-state index < -0.39 is 0 Å². The van der Waals surface area contributed by atoms with Crippen molar-refractivity contribution in [1.82, 2.24) is 0 Å². The number of anilines is 1. The molecule has 2 rings (SSSR count). The van der Waals surface area contributed by atoms with Gasteiger partial charge in [-0.3, -0.25) is 4.79 Å².